The zero-order chi connectivity index (χ0) is 14.7. The van der Waals surface area contributed by atoms with Gasteiger partial charge in [-0.15, -0.1) is 0 Å². The number of halogens is 1. The van der Waals surface area contributed by atoms with Crippen molar-refractivity contribution in [1.29, 1.82) is 0 Å². The van der Waals surface area contributed by atoms with Crippen LogP contribution < -0.4 is 4.74 Å². The van der Waals surface area contributed by atoms with Crippen molar-refractivity contribution >= 4 is 22.4 Å². The van der Waals surface area contributed by atoms with Gasteiger partial charge < -0.3 is 4.74 Å². The third kappa shape index (κ3) is 2.95. The van der Waals surface area contributed by atoms with E-state index in [2.05, 4.69) is 27.1 Å². The average molecular weight is 300 g/mol. The van der Waals surface area contributed by atoms with Crippen molar-refractivity contribution < 1.29 is 4.74 Å². The van der Waals surface area contributed by atoms with Gasteiger partial charge >= 0.3 is 6.01 Å². The van der Waals surface area contributed by atoms with E-state index in [1.54, 1.807) is 0 Å². The number of hydrogen-bond donors (Lipinski definition) is 0. The maximum Gasteiger partial charge on any atom is 0.321 e. The first kappa shape index (κ1) is 13.8. The Morgan fingerprint density at radius 1 is 1.00 bits per heavy atom. The molecule has 3 aromatic rings. The second kappa shape index (κ2) is 6.06. The summed E-state index contributed by atoms with van der Waals surface area (Å²) in [7, 11) is 0. The van der Waals surface area contributed by atoms with E-state index in [1.807, 2.05) is 37.3 Å². The van der Waals surface area contributed by atoms with E-state index in [4.69, 9.17) is 16.3 Å². The Labute approximate surface area is 127 Å². The highest BCUT2D eigenvalue weighted by atomic mass is 35.5. The summed E-state index contributed by atoms with van der Waals surface area (Å²) in [5.41, 5.74) is 0.916. The number of fused-ring (bicyclic) bond motifs is 1. The lowest BCUT2D eigenvalue weighted by molar-refractivity contribution is 0.291. The van der Waals surface area contributed by atoms with E-state index in [0.717, 1.165) is 22.8 Å². The Bertz CT molecular complexity index is 771. The lowest BCUT2D eigenvalue weighted by Gasteiger charge is -2.07. The van der Waals surface area contributed by atoms with E-state index >= 15 is 0 Å². The lowest BCUT2D eigenvalue weighted by atomic mass is 10.0. The summed E-state index contributed by atoms with van der Waals surface area (Å²) in [4.78, 5) is 12.6. The van der Waals surface area contributed by atoms with E-state index in [-0.39, 0.29) is 11.3 Å². The highest BCUT2D eigenvalue weighted by Crippen LogP contribution is 2.27. The number of aromatic nitrogens is 3. The molecule has 0 amide bonds. The molecular weight excluding hydrogens is 286 g/mol. The smallest absolute Gasteiger partial charge is 0.321 e. The van der Waals surface area contributed by atoms with E-state index in [9.17, 15) is 0 Å². The molecule has 0 unspecified atom stereocenters. The summed E-state index contributed by atoms with van der Waals surface area (Å²) in [5, 5.41) is 2.34. The van der Waals surface area contributed by atoms with Gasteiger partial charge in [0, 0.05) is 5.56 Å². The van der Waals surface area contributed by atoms with Gasteiger partial charge in [0.25, 0.3) is 0 Å². The van der Waals surface area contributed by atoms with Crippen LogP contribution in [0.2, 0.25) is 5.28 Å². The van der Waals surface area contributed by atoms with Crippen LogP contribution in [0.3, 0.4) is 0 Å². The van der Waals surface area contributed by atoms with Gasteiger partial charge in [-0.25, -0.2) is 0 Å². The van der Waals surface area contributed by atoms with Gasteiger partial charge in [-0.1, -0.05) is 49.4 Å². The van der Waals surface area contributed by atoms with Crippen molar-refractivity contribution in [2.45, 2.75) is 13.3 Å². The maximum atomic E-state index is 5.99. The zero-order valence-corrected chi connectivity index (χ0v) is 12.3. The van der Waals surface area contributed by atoms with Crippen molar-refractivity contribution in [2.75, 3.05) is 6.61 Å². The third-order valence-electron chi connectivity index (χ3n) is 3.05. The molecule has 106 valence electrons. The molecule has 0 fully saturated rings. The van der Waals surface area contributed by atoms with Crippen LogP contribution >= 0.6 is 11.6 Å². The average Bonchev–Trinajstić information content (AvgIpc) is 2.52. The maximum absolute atomic E-state index is 5.99. The van der Waals surface area contributed by atoms with Crippen molar-refractivity contribution in [3.8, 4) is 17.4 Å². The minimum absolute atomic E-state index is 0.138. The van der Waals surface area contributed by atoms with Crippen LogP contribution in [0.15, 0.2) is 42.5 Å². The van der Waals surface area contributed by atoms with Crippen LogP contribution in [0, 0.1) is 0 Å². The fraction of sp³-hybridized carbons (Fsp3) is 0.188. The molecule has 0 radical (unpaired) electrons. The van der Waals surface area contributed by atoms with Crippen LogP contribution in [0.4, 0.5) is 0 Å². The summed E-state index contributed by atoms with van der Waals surface area (Å²) < 4.78 is 5.46. The van der Waals surface area contributed by atoms with Gasteiger partial charge in [0.15, 0.2) is 5.82 Å². The molecule has 1 heterocycles. The number of nitrogens with zero attached hydrogens (tertiary/aromatic N) is 3. The van der Waals surface area contributed by atoms with Crippen molar-refractivity contribution in [2.24, 2.45) is 0 Å². The molecule has 0 aliphatic rings. The Morgan fingerprint density at radius 2 is 1.81 bits per heavy atom. The highest BCUT2D eigenvalue weighted by molar-refractivity contribution is 6.28. The van der Waals surface area contributed by atoms with Crippen molar-refractivity contribution in [3.05, 3.63) is 47.7 Å². The van der Waals surface area contributed by atoms with Gasteiger partial charge in [0.05, 0.1) is 6.61 Å². The Morgan fingerprint density at radius 3 is 2.67 bits per heavy atom. The molecule has 5 heteroatoms. The second-order valence-electron chi connectivity index (χ2n) is 4.59. The number of benzene rings is 2. The Hall–Kier alpha value is -2.20. The normalized spacial score (nSPS) is 10.8. The fourth-order valence-corrected chi connectivity index (χ4v) is 2.28. The minimum atomic E-state index is 0.138. The van der Waals surface area contributed by atoms with Crippen LogP contribution in [0.25, 0.3) is 22.2 Å². The largest absolute Gasteiger partial charge is 0.463 e. The topological polar surface area (TPSA) is 47.9 Å². The van der Waals surface area contributed by atoms with Crippen LogP contribution in [0.5, 0.6) is 6.01 Å². The molecule has 0 saturated heterocycles. The van der Waals surface area contributed by atoms with Gasteiger partial charge in [0.1, 0.15) is 0 Å². The monoisotopic (exact) mass is 299 g/mol. The summed E-state index contributed by atoms with van der Waals surface area (Å²) in [6.45, 7) is 2.57. The molecule has 0 atom stereocenters. The SMILES string of the molecule is CCCOc1nc(Cl)nc(-c2cccc3ccccc23)n1. The van der Waals surface area contributed by atoms with E-state index < -0.39 is 0 Å². The Kier molecular flexibility index (Phi) is 3.97. The first-order chi connectivity index (χ1) is 10.3. The molecule has 0 bridgehead atoms. The van der Waals surface area contributed by atoms with Crippen LogP contribution in [-0.2, 0) is 0 Å². The van der Waals surface area contributed by atoms with Crippen molar-refractivity contribution in [3.63, 3.8) is 0 Å². The third-order valence-corrected chi connectivity index (χ3v) is 3.22. The molecule has 4 nitrogen and oxygen atoms in total. The summed E-state index contributed by atoms with van der Waals surface area (Å²) in [5.74, 6) is 0.526. The fourth-order valence-electron chi connectivity index (χ4n) is 2.13. The molecule has 0 aliphatic carbocycles. The van der Waals surface area contributed by atoms with E-state index in [0.29, 0.717) is 12.4 Å². The molecule has 2 aromatic carbocycles. The molecule has 1 aromatic heterocycles. The Balaban J connectivity index is 2.12. The summed E-state index contributed by atoms with van der Waals surface area (Å²) >= 11 is 5.99. The van der Waals surface area contributed by atoms with Gasteiger partial charge in [-0.3, -0.25) is 0 Å². The first-order valence-corrected chi connectivity index (χ1v) is 7.18. The first-order valence-electron chi connectivity index (χ1n) is 6.80. The highest BCUT2D eigenvalue weighted by Gasteiger charge is 2.10. The number of hydrogen-bond acceptors (Lipinski definition) is 4. The number of rotatable bonds is 4. The predicted octanol–water partition coefficient (Wildman–Crippen LogP) is 4.13. The predicted molar refractivity (Wildman–Crippen MR) is 83.6 cm³/mol. The summed E-state index contributed by atoms with van der Waals surface area (Å²) in [6.07, 6.45) is 0.882. The van der Waals surface area contributed by atoms with Crippen molar-refractivity contribution in [1.82, 2.24) is 15.0 Å². The molecular formula is C16H14ClN3O. The second-order valence-corrected chi connectivity index (χ2v) is 4.92. The molecule has 3 rings (SSSR count). The summed E-state index contributed by atoms with van der Waals surface area (Å²) in [6, 6.07) is 14.3. The van der Waals surface area contributed by atoms with Gasteiger partial charge in [0.2, 0.25) is 5.28 Å². The number of ether oxygens (including phenoxy) is 1. The molecule has 0 spiro atoms. The van der Waals surface area contributed by atoms with Gasteiger partial charge in [-0.2, -0.15) is 15.0 Å². The quantitative estimate of drug-likeness (QED) is 0.726. The van der Waals surface area contributed by atoms with Gasteiger partial charge in [-0.05, 0) is 28.8 Å². The minimum Gasteiger partial charge on any atom is -0.463 e. The molecule has 0 saturated carbocycles. The molecule has 0 aliphatic heterocycles. The van der Waals surface area contributed by atoms with Crippen LogP contribution in [0.1, 0.15) is 13.3 Å². The van der Waals surface area contributed by atoms with E-state index in [1.165, 1.54) is 0 Å². The van der Waals surface area contributed by atoms with Crippen LogP contribution in [-0.4, -0.2) is 21.6 Å². The zero-order valence-electron chi connectivity index (χ0n) is 11.6. The standard InChI is InChI=1S/C16H14ClN3O/c1-2-10-21-16-19-14(18-15(17)20-16)13-9-5-7-11-6-3-4-8-12(11)13/h3-9H,2,10H2,1H3. The molecule has 21 heavy (non-hydrogen) atoms. The molecule has 0 N–H and O–H groups in total. The lowest BCUT2D eigenvalue weighted by Crippen LogP contribution is -2.03.